The van der Waals surface area contributed by atoms with Gasteiger partial charge < -0.3 is 5.11 Å². The maximum atomic E-state index is 8.50. The fourth-order valence-electron chi connectivity index (χ4n) is 1.02. The Morgan fingerprint density at radius 2 is 1.82 bits per heavy atom. The monoisotopic (exact) mass is 156 g/mol. The Kier molecular flexibility index (Phi) is 7.59. The highest BCUT2D eigenvalue weighted by Gasteiger charge is 1.91. The molecule has 0 aromatic rings. The van der Waals surface area contributed by atoms with Crippen molar-refractivity contribution in [2.24, 2.45) is 0 Å². The molecule has 1 nitrogen and oxygen atoms in total. The van der Waals surface area contributed by atoms with Gasteiger partial charge in [0.1, 0.15) is 0 Å². The second-order valence-electron chi connectivity index (χ2n) is 2.99. The maximum Gasteiger partial charge on any atom is 0.0431 e. The quantitative estimate of drug-likeness (QED) is 0.444. The molecule has 0 radical (unpaired) electrons. The van der Waals surface area contributed by atoms with E-state index in [0.717, 1.165) is 19.3 Å². The summed E-state index contributed by atoms with van der Waals surface area (Å²) in [6.07, 6.45) is 6.88. The van der Waals surface area contributed by atoms with E-state index in [-0.39, 0.29) is 0 Å². The molecule has 0 aliphatic carbocycles. The zero-order chi connectivity index (χ0) is 8.53. The van der Waals surface area contributed by atoms with Crippen molar-refractivity contribution in [1.29, 1.82) is 0 Å². The minimum atomic E-state index is 0.342. The Balaban J connectivity index is 2.95. The third-order valence-corrected chi connectivity index (χ3v) is 1.94. The van der Waals surface area contributed by atoms with E-state index in [2.05, 4.69) is 13.5 Å². The van der Waals surface area contributed by atoms with E-state index < -0.39 is 0 Å². The minimum Gasteiger partial charge on any atom is -0.396 e. The highest BCUT2D eigenvalue weighted by Crippen LogP contribution is 2.10. The second-order valence-corrected chi connectivity index (χ2v) is 2.99. The van der Waals surface area contributed by atoms with Gasteiger partial charge in [0.25, 0.3) is 0 Å². The van der Waals surface area contributed by atoms with Gasteiger partial charge in [0.15, 0.2) is 0 Å². The summed E-state index contributed by atoms with van der Waals surface area (Å²) in [5, 5.41) is 8.50. The first kappa shape index (κ1) is 10.7. The Hall–Kier alpha value is -0.300. The molecule has 0 aliphatic rings. The first-order valence-electron chi connectivity index (χ1n) is 4.58. The zero-order valence-electron chi connectivity index (χ0n) is 7.60. The molecular weight excluding hydrogens is 136 g/mol. The van der Waals surface area contributed by atoms with Crippen molar-refractivity contribution < 1.29 is 5.11 Å². The third-order valence-electron chi connectivity index (χ3n) is 1.94. The average molecular weight is 156 g/mol. The molecule has 0 amide bonds. The fraction of sp³-hybridized carbons (Fsp3) is 0.800. The van der Waals surface area contributed by atoms with E-state index >= 15 is 0 Å². The van der Waals surface area contributed by atoms with Gasteiger partial charge in [0, 0.05) is 6.61 Å². The Morgan fingerprint density at radius 1 is 1.18 bits per heavy atom. The molecule has 0 aliphatic heterocycles. The van der Waals surface area contributed by atoms with Crippen LogP contribution in [0.25, 0.3) is 0 Å². The minimum absolute atomic E-state index is 0.342. The van der Waals surface area contributed by atoms with Gasteiger partial charge in [0.2, 0.25) is 0 Å². The number of unbranched alkanes of at least 4 members (excludes halogenated alkanes) is 3. The van der Waals surface area contributed by atoms with Crippen molar-refractivity contribution in [2.75, 3.05) is 6.61 Å². The van der Waals surface area contributed by atoms with Crippen LogP contribution in [0.5, 0.6) is 0 Å². The molecule has 11 heavy (non-hydrogen) atoms. The number of aliphatic hydroxyl groups is 1. The van der Waals surface area contributed by atoms with Gasteiger partial charge in [-0.3, -0.25) is 0 Å². The fourth-order valence-corrected chi connectivity index (χ4v) is 1.02. The Morgan fingerprint density at radius 3 is 2.36 bits per heavy atom. The van der Waals surface area contributed by atoms with E-state index in [9.17, 15) is 0 Å². The highest BCUT2D eigenvalue weighted by atomic mass is 16.2. The van der Waals surface area contributed by atoms with Crippen LogP contribution < -0.4 is 0 Å². The summed E-state index contributed by atoms with van der Waals surface area (Å²) in [7, 11) is 0. The topological polar surface area (TPSA) is 20.2 Å². The smallest absolute Gasteiger partial charge is 0.0431 e. The summed E-state index contributed by atoms with van der Waals surface area (Å²) in [6, 6.07) is 0. The van der Waals surface area contributed by atoms with Crippen molar-refractivity contribution in [3.8, 4) is 0 Å². The van der Waals surface area contributed by atoms with E-state index in [1.165, 1.54) is 24.8 Å². The van der Waals surface area contributed by atoms with Crippen molar-refractivity contribution in [1.82, 2.24) is 0 Å². The van der Waals surface area contributed by atoms with Crippen LogP contribution in [0, 0.1) is 0 Å². The molecule has 0 saturated carbocycles. The number of aliphatic hydroxyl groups excluding tert-OH is 1. The number of hydrogen-bond acceptors (Lipinski definition) is 1. The summed E-state index contributed by atoms with van der Waals surface area (Å²) in [5.74, 6) is 0. The molecule has 0 aromatic carbocycles. The maximum absolute atomic E-state index is 8.50. The number of rotatable bonds is 7. The molecule has 0 rings (SSSR count). The lowest BCUT2D eigenvalue weighted by atomic mass is 10.1. The summed E-state index contributed by atoms with van der Waals surface area (Å²) in [6.45, 7) is 6.43. The van der Waals surface area contributed by atoms with Gasteiger partial charge in [-0.25, -0.2) is 0 Å². The van der Waals surface area contributed by atoms with Gasteiger partial charge in [-0.05, 0) is 25.7 Å². The Labute approximate surface area is 70.1 Å². The van der Waals surface area contributed by atoms with Crippen molar-refractivity contribution in [3.05, 3.63) is 12.2 Å². The predicted octanol–water partition coefficient (Wildman–Crippen LogP) is 2.90. The largest absolute Gasteiger partial charge is 0.396 e. The lowest BCUT2D eigenvalue weighted by molar-refractivity contribution is 0.282. The molecule has 0 spiro atoms. The second kappa shape index (κ2) is 7.80. The standard InChI is InChI=1S/C10H20O/c1-3-10(2)8-6-4-5-7-9-11/h11H,2-9H2,1H3. The molecule has 0 saturated heterocycles. The normalized spacial score (nSPS) is 10.0. The van der Waals surface area contributed by atoms with Crippen LogP contribution in [0.3, 0.4) is 0 Å². The molecule has 0 fully saturated rings. The molecule has 0 bridgehead atoms. The van der Waals surface area contributed by atoms with Gasteiger partial charge in [-0.15, -0.1) is 0 Å². The summed E-state index contributed by atoms with van der Waals surface area (Å²) < 4.78 is 0. The van der Waals surface area contributed by atoms with Gasteiger partial charge in [-0.1, -0.05) is 31.9 Å². The third kappa shape index (κ3) is 7.60. The van der Waals surface area contributed by atoms with E-state index in [0.29, 0.717) is 6.61 Å². The van der Waals surface area contributed by atoms with Crippen LogP contribution in [0.4, 0.5) is 0 Å². The van der Waals surface area contributed by atoms with E-state index in [4.69, 9.17) is 5.11 Å². The van der Waals surface area contributed by atoms with Crippen LogP contribution in [0.2, 0.25) is 0 Å². The van der Waals surface area contributed by atoms with Crippen molar-refractivity contribution in [3.63, 3.8) is 0 Å². The molecule has 0 unspecified atom stereocenters. The van der Waals surface area contributed by atoms with Crippen molar-refractivity contribution >= 4 is 0 Å². The molecule has 1 heteroatoms. The van der Waals surface area contributed by atoms with Crippen LogP contribution in [-0.4, -0.2) is 11.7 Å². The van der Waals surface area contributed by atoms with Crippen LogP contribution in [-0.2, 0) is 0 Å². The summed E-state index contributed by atoms with van der Waals surface area (Å²) >= 11 is 0. The highest BCUT2D eigenvalue weighted by molar-refractivity contribution is 4.91. The lowest BCUT2D eigenvalue weighted by Gasteiger charge is -2.01. The average Bonchev–Trinajstić information content (AvgIpc) is 2.04. The first-order valence-corrected chi connectivity index (χ1v) is 4.58. The number of hydrogen-bond donors (Lipinski definition) is 1. The molecular formula is C10H20O. The number of allylic oxidation sites excluding steroid dienone is 1. The van der Waals surface area contributed by atoms with Gasteiger partial charge in [0.05, 0.1) is 0 Å². The predicted molar refractivity (Wildman–Crippen MR) is 49.6 cm³/mol. The van der Waals surface area contributed by atoms with Gasteiger partial charge in [-0.2, -0.15) is 0 Å². The van der Waals surface area contributed by atoms with Crippen LogP contribution in [0.15, 0.2) is 12.2 Å². The van der Waals surface area contributed by atoms with E-state index in [1.807, 2.05) is 0 Å². The Bertz CT molecular complexity index is 97.0. The van der Waals surface area contributed by atoms with E-state index in [1.54, 1.807) is 0 Å². The van der Waals surface area contributed by atoms with Crippen LogP contribution in [0.1, 0.15) is 45.4 Å². The molecule has 66 valence electrons. The SMILES string of the molecule is C=C(CC)CCCCCCO. The lowest BCUT2D eigenvalue weighted by Crippen LogP contribution is -1.84. The molecule has 0 heterocycles. The molecule has 0 aromatic heterocycles. The first-order chi connectivity index (χ1) is 5.31. The van der Waals surface area contributed by atoms with Gasteiger partial charge >= 0.3 is 0 Å². The van der Waals surface area contributed by atoms with Crippen LogP contribution >= 0.6 is 0 Å². The summed E-state index contributed by atoms with van der Waals surface area (Å²) in [4.78, 5) is 0. The zero-order valence-corrected chi connectivity index (χ0v) is 7.60. The van der Waals surface area contributed by atoms with Crippen molar-refractivity contribution in [2.45, 2.75) is 45.4 Å². The molecule has 0 atom stereocenters. The molecule has 1 N–H and O–H groups in total. The summed E-state index contributed by atoms with van der Waals surface area (Å²) in [5.41, 5.74) is 1.36.